The summed E-state index contributed by atoms with van der Waals surface area (Å²) in [6.45, 7) is 10.1. The summed E-state index contributed by atoms with van der Waals surface area (Å²) in [5.74, 6) is 0. The summed E-state index contributed by atoms with van der Waals surface area (Å²) < 4.78 is 0. The minimum absolute atomic E-state index is 0.596. The molecule has 1 aliphatic rings. The van der Waals surface area contributed by atoms with Crippen molar-refractivity contribution in [1.29, 1.82) is 0 Å². The Labute approximate surface area is 98.7 Å². The smallest absolute Gasteiger partial charge is 0.0237 e. The van der Waals surface area contributed by atoms with Crippen molar-refractivity contribution in [2.45, 2.75) is 39.4 Å². The predicted octanol–water partition coefficient (Wildman–Crippen LogP) is 2.18. The van der Waals surface area contributed by atoms with Gasteiger partial charge in [-0.25, -0.2) is 0 Å². The van der Waals surface area contributed by atoms with Crippen molar-refractivity contribution in [3.63, 3.8) is 0 Å². The summed E-state index contributed by atoms with van der Waals surface area (Å²) in [6.07, 6.45) is 0. The number of hydrogen-bond acceptors (Lipinski definition) is 2. The van der Waals surface area contributed by atoms with Crippen LogP contribution >= 0.6 is 0 Å². The highest BCUT2D eigenvalue weighted by molar-refractivity contribution is 5.22. The molecule has 2 rings (SSSR count). The molecule has 0 aliphatic carbocycles. The molecular weight excluding hydrogens is 196 g/mol. The van der Waals surface area contributed by atoms with E-state index < -0.39 is 0 Å². The number of piperazine rings is 1. The van der Waals surface area contributed by atoms with Crippen LogP contribution in [0.25, 0.3) is 0 Å². The van der Waals surface area contributed by atoms with Crippen molar-refractivity contribution >= 4 is 0 Å². The van der Waals surface area contributed by atoms with Crippen LogP contribution in [0.4, 0.5) is 0 Å². The Morgan fingerprint density at radius 3 is 2.94 bits per heavy atom. The van der Waals surface area contributed by atoms with Crippen LogP contribution in [0.1, 0.15) is 25.0 Å². The lowest BCUT2D eigenvalue weighted by Gasteiger charge is -2.38. The maximum atomic E-state index is 3.52. The second kappa shape index (κ2) is 4.98. The first-order valence-corrected chi connectivity index (χ1v) is 6.20. The van der Waals surface area contributed by atoms with Crippen molar-refractivity contribution in [2.75, 3.05) is 13.1 Å². The largest absolute Gasteiger partial charge is 0.311 e. The van der Waals surface area contributed by atoms with Gasteiger partial charge in [0.25, 0.3) is 0 Å². The number of hydrogen-bond donors (Lipinski definition) is 1. The zero-order valence-corrected chi connectivity index (χ0v) is 10.5. The van der Waals surface area contributed by atoms with Crippen LogP contribution < -0.4 is 5.32 Å². The van der Waals surface area contributed by atoms with Crippen molar-refractivity contribution < 1.29 is 0 Å². The molecule has 2 unspecified atom stereocenters. The molecule has 2 nitrogen and oxygen atoms in total. The third-order valence-corrected chi connectivity index (χ3v) is 3.63. The first kappa shape index (κ1) is 11.6. The molecule has 88 valence electrons. The number of nitrogens with zero attached hydrogens (tertiary/aromatic N) is 1. The van der Waals surface area contributed by atoms with Crippen molar-refractivity contribution in [3.05, 3.63) is 35.4 Å². The summed E-state index contributed by atoms with van der Waals surface area (Å²) in [6, 6.07) is 10.0. The van der Waals surface area contributed by atoms with Gasteiger partial charge < -0.3 is 5.32 Å². The molecule has 1 aromatic rings. The molecule has 1 aromatic carbocycles. The maximum Gasteiger partial charge on any atom is 0.0237 e. The third-order valence-electron chi connectivity index (χ3n) is 3.63. The van der Waals surface area contributed by atoms with Gasteiger partial charge in [0, 0.05) is 31.7 Å². The lowest BCUT2D eigenvalue weighted by molar-refractivity contribution is 0.131. The third kappa shape index (κ3) is 2.63. The van der Waals surface area contributed by atoms with E-state index in [-0.39, 0.29) is 0 Å². The van der Waals surface area contributed by atoms with E-state index in [1.54, 1.807) is 0 Å². The van der Waals surface area contributed by atoms with E-state index >= 15 is 0 Å². The van der Waals surface area contributed by atoms with Crippen molar-refractivity contribution in [1.82, 2.24) is 10.2 Å². The van der Waals surface area contributed by atoms with E-state index in [9.17, 15) is 0 Å². The number of aryl methyl sites for hydroxylation is 1. The summed E-state index contributed by atoms with van der Waals surface area (Å²) in [5.41, 5.74) is 2.79. The van der Waals surface area contributed by atoms with E-state index in [0.29, 0.717) is 12.1 Å². The first-order chi connectivity index (χ1) is 7.66. The highest BCUT2D eigenvalue weighted by Crippen LogP contribution is 2.14. The standard InChI is InChI=1S/C14H22N2/c1-11-5-4-6-14(9-11)10-16-8-7-15-12(2)13(16)3/h4-6,9,12-13,15H,7-8,10H2,1-3H3. The minimum atomic E-state index is 0.596. The zero-order chi connectivity index (χ0) is 11.5. The highest BCUT2D eigenvalue weighted by atomic mass is 15.2. The molecule has 0 radical (unpaired) electrons. The van der Waals surface area contributed by atoms with E-state index in [1.165, 1.54) is 11.1 Å². The maximum absolute atomic E-state index is 3.52. The Morgan fingerprint density at radius 1 is 1.38 bits per heavy atom. The summed E-state index contributed by atoms with van der Waals surface area (Å²) in [5, 5.41) is 3.52. The molecule has 0 amide bonds. The molecule has 2 heteroatoms. The van der Waals surface area contributed by atoms with Crippen LogP contribution in [0.5, 0.6) is 0 Å². The molecule has 0 saturated carbocycles. The van der Waals surface area contributed by atoms with E-state index in [0.717, 1.165) is 19.6 Å². The molecule has 1 heterocycles. The number of rotatable bonds is 2. The average molecular weight is 218 g/mol. The second-order valence-electron chi connectivity index (χ2n) is 4.94. The molecule has 0 aromatic heterocycles. The minimum Gasteiger partial charge on any atom is -0.311 e. The van der Waals surface area contributed by atoms with Gasteiger partial charge in [-0.1, -0.05) is 29.8 Å². The lowest BCUT2D eigenvalue weighted by Crippen LogP contribution is -2.54. The average Bonchev–Trinajstić information content (AvgIpc) is 2.25. The molecule has 2 atom stereocenters. The SMILES string of the molecule is Cc1cccc(CN2CCNC(C)C2C)c1. The molecule has 0 spiro atoms. The van der Waals surface area contributed by atoms with E-state index in [2.05, 4.69) is 55.3 Å². The van der Waals surface area contributed by atoms with Crippen molar-refractivity contribution in [3.8, 4) is 0 Å². The van der Waals surface area contributed by atoms with Crippen LogP contribution in [0, 0.1) is 6.92 Å². The van der Waals surface area contributed by atoms with Crippen LogP contribution in [-0.4, -0.2) is 30.1 Å². The molecule has 1 saturated heterocycles. The molecule has 0 bridgehead atoms. The molecule has 1 aliphatic heterocycles. The Balaban J connectivity index is 2.03. The summed E-state index contributed by atoms with van der Waals surface area (Å²) in [7, 11) is 0. The van der Waals surface area contributed by atoms with Crippen LogP contribution in [0.2, 0.25) is 0 Å². The van der Waals surface area contributed by atoms with Gasteiger partial charge in [0.15, 0.2) is 0 Å². The van der Waals surface area contributed by atoms with Crippen LogP contribution in [0.15, 0.2) is 24.3 Å². The van der Waals surface area contributed by atoms with Gasteiger partial charge in [0.2, 0.25) is 0 Å². The van der Waals surface area contributed by atoms with E-state index in [1.807, 2.05) is 0 Å². The summed E-state index contributed by atoms with van der Waals surface area (Å²) in [4.78, 5) is 2.57. The van der Waals surface area contributed by atoms with Crippen LogP contribution in [-0.2, 0) is 6.54 Å². The fourth-order valence-corrected chi connectivity index (χ4v) is 2.39. The molecule has 1 fully saturated rings. The van der Waals surface area contributed by atoms with E-state index in [4.69, 9.17) is 0 Å². The fraction of sp³-hybridized carbons (Fsp3) is 0.571. The van der Waals surface area contributed by atoms with Crippen molar-refractivity contribution in [2.24, 2.45) is 0 Å². The van der Waals surface area contributed by atoms with Crippen LogP contribution in [0.3, 0.4) is 0 Å². The first-order valence-electron chi connectivity index (χ1n) is 6.20. The quantitative estimate of drug-likeness (QED) is 0.818. The molecular formula is C14H22N2. The van der Waals surface area contributed by atoms with Gasteiger partial charge in [-0.3, -0.25) is 4.90 Å². The lowest BCUT2D eigenvalue weighted by atomic mass is 10.1. The number of benzene rings is 1. The van der Waals surface area contributed by atoms with Gasteiger partial charge >= 0.3 is 0 Å². The topological polar surface area (TPSA) is 15.3 Å². The summed E-state index contributed by atoms with van der Waals surface area (Å²) >= 11 is 0. The predicted molar refractivity (Wildman–Crippen MR) is 68.5 cm³/mol. The normalized spacial score (nSPS) is 26.9. The van der Waals surface area contributed by atoms with Gasteiger partial charge in [-0.05, 0) is 26.3 Å². The van der Waals surface area contributed by atoms with Gasteiger partial charge in [0.05, 0.1) is 0 Å². The molecule has 1 N–H and O–H groups in total. The second-order valence-corrected chi connectivity index (χ2v) is 4.94. The Kier molecular flexibility index (Phi) is 3.62. The Hall–Kier alpha value is -0.860. The van der Waals surface area contributed by atoms with Gasteiger partial charge in [-0.2, -0.15) is 0 Å². The zero-order valence-electron chi connectivity index (χ0n) is 10.5. The van der Waals surface area contributed by atoms with Gasteiger partial charge in [-0.15, -0.1) is 0 Å². The van der Waals surface area contributed by atoms with Gasteiger partial charge in [0.1, 0.15) is 0 Å². The fourth-order valence-electron chi connectivity index (χ4n) is 2.39. The molecule has 16 heavy (non-hydrogen) atoms. The monoisotopic (exact) mass is 218 g/mol. The highest BCUT2D eigenvalue weighted by Gasteiger charge is 2.23. The Morgan fingerprint density at radius 2 is 2.19 bits per heavy atom. The number of nitrogens with one attached hydrogen (secondary N) is 1. The Bertz CT molecular complexity index is 348.